The van der Waals surface area contributed by atoms with Crippen molar-refractivity contribution < 1.29 is 26.8 Å². The topological polar surface area (TPSA) is 60.2 Å². The maximum Gasteiger partial charge on any atom is 2.00 e. The molecule has 5 heteroatoms. The Balaban J connectivity index is 0.000000412. The van der Waals surface area contributed by atoms with Gasteiger partial charge in [-0.05, 0) is 12.1 Å². The molecule has 122 valence electrons. The first-order valence-corrected chi connectivity index (χ1v) is 7.13. The molecule has 4 nitrogen and oxygen atoms in total. The number of hydrogen-bond donors (Lipinski definition) is 0. The Morgan fingerprint density at radius 2 is 2.00 bits per heavy atom. The fourth-order valence-electron chi connectivity index (χ4n) is 1.97. The molecule has 0 heterocycles. The van der Waals surface area contributed by atoms with Gasteiger partial charge in [-0.25, -0.2) is 18.2 Å². The van der Waals surface area contributed by atoms with Crippen LogP contribution in [-0.4, -0.2) is 10.7 Å². The molecule has 0 radical (unpaired) electrons. The molecule has 0 bridgehead atoms. The Morgan fingerprint density at radius 3 is 2.54 bits per heavy atom. The van der Waals surface area contributed by atoms with Gasteiger partial charge < -0.3 is 0 Å². The summed E-state index contributed by atoms with van der Waals surface area (Å²) in [5.74, 6) is -0.372. The second kappa shape index (κ2) is 10.3. The first kappa shape index (κ1) is 19.6. The summed E-state index contributed by atoms with van der Waals surface area (Å²) < 4.78 is 0. The number of allylic oxidation sites excluding steroid dienone is 10. The van der Waals surface area contributed by atoms with Crippen LogP contribution in [0.3, 0.4) is 0 Å². The van der Waals surface area contributed by atoms with Gasteiger partial charge >= 0.3 is 17.1 Å². The van der Waals surface area contributed by atoms with Crippen molar-refractivity contribution in [2.75, 3.05) is 0 Å². The normalized spacial score (nSPS) is 14.1. The molecule has 0 saturated heterocycles. The predicted octanol–water partition coefficient (Wildman–Crippen LogP) is 4.33. The van der Waals surface area contributed by atoms with Crippen LogP contribution in [0.5, 0.6) is 0 Å². The molecule has 1 aromatic carbocycles. The average molecular weight is 361 g/mol. The first-order valence-electron chi connectivity index (χ1n) is 7.13. The molecule has 2 aliphatic carbocycles. The SMILES string of the molecule is O=C(/C=C/C1=CC[C-]=C1)c1ccccc1[N+](=O)[O-].[C-]1=CC=CC1.[Fe+2]. The minimum absolute atomic E-state index is 0. The van der Waals surface area contributed by atoms with Gasteiger partial charge in [-0.15, -0.1) is 18.9 Å². The van der Waals surface area contributed by atoms with Crippen molar-refractivity contribution in [3.63, 3.8) is 0 Å². The van der Waals surface area contributed by atoms with Gasteiger partial charge in [-0.3, -0.25) is 27.1 Å². The molecule has 0 spiro atoms. The van der Waals surface area contributed by atoms with Crippen LogP contribution in [0.15, 0.2) is 72.4 Å². The van der Waals surface area contributed by atoms with Gasteiger partial charge in [0.1, 0.15) is 0 Å². The standard InChI is InChI=1S/C14H10NO3.C5H5.Fe/c16-14(10-9-11-5-1-2-6-11)12-7-3-4-8-13(12)15(17)18;1-2-4-5-3-1;/h3-10H,1H2;1-3H,4H2;/q2*-1;+2/b10-9+;;. The molecule has 1 aromatic rings. The molecule has 2 aliphatic rings. The number of nitro groups is 1. The van der Waals surface area contributed by atoms with Crippen molar-refractivity contribution in [2.24, 2.45) is 0 Å². The van der Waals surface area contributed by atoms with Crippen molar-refractivity contribution >= 4 is 11.5 Å². The third-order valence-electron chi connectivity index (χ3n) is 3.10. The number of rotatable bonds is 4. The molecule has 0 aromatic heterocycles. The van der Waals surface area contributed by atoms with Gasteiger partial charge in [0, 0.05) is 6.07 Å². The maximum absolute atomic E-state index is 11.9. The molecule has 0 atom stereocenters. The quantitative estimate of drug-likeness (QED) is 0.200. The van der Waals surface area contributed by atoms with Crippen LogP contribution < -0.4 is 0 Å². The molecule has 24 heavy (non-hydrogen) atoms. The smallest absolute Gasteiger partial charge is 0.289 e. The number of carbonyl (C=O) groups excluding carboxylic acids is 1. The Hall–Kier alpha value is -2.49. The van der Waals surface area contributed by atoms with Gasteiger partial charge in [0.2, 0.25) is 0 Å². The molecule has 0 aliphatic heterocycles. The molecular formula is C19H15FeNO3. The molecule has 0 fully saturated rings. The monoisotopic (exact) mass is 361 g/mol. The number of hydrogen-bond acceptors (Lipinski definition) is 3. The van der Waals surface area contributed by atoms with E-state index in [2.05, 4.69) is 18.2 Å². The van der Waals surface area contributed by atoms with E-state index in [0.29, 0.717) is 0 Å². The second-order valence-corrected chi connectivity index (χ2v) is 4.73. The molecule has 0 saturated carbocycles. The summed E-state index contributed by atoms with van der Waals surface area (Å²) >= 11 is 0. The van der Waals surface area contributed by atoms with Crippen LogP contribution in [0.1, 0.15) is 23.2 Å². The summed E-state index contributed by atoms with van der Waals surface area (Å²) in [4.78, 5) is 22.1. The Kier molecular flexibility index (Phi) is 8.41. The average Bonchev–Trinajstić information content (AvgIpc) is 3.28. The third kappa shape index (κ3) is 5.95. The number of nitro benzene ring substituents is 1. The van der Waals surface area contributed by atoms with Crippen LogP contribution in [0, 0.1) is 22.3 Å². The van der Waals surface area contributed by atoms with Crippen molar-refractivity contribution in [3.8, 4) is 0 Å². The van der Waals surface area contributed by atoms with Gasteiger partial charge in [0.25, 0.3) is 5.69 Å². The van der Waals surface area contributed by atoms with Crippen molar-refractivity contribution in [2.45, 2.75) is 12.8 Å². The van der Waals surface area contributed by atoms with Crippen LogP contribution >= 0.6 is 0 Å². The number of nitrogens with zero attached hydrogens (tertiary/aromatic N) is 1. The maximum atomic E-state index is 11.9. The summed E-state index contributed by atoms with van der Waals surface area (Å²) in [6, 6.07) is 5.92. The van der Waals surface area contributed by atoms with Crippen LogP contribution in [-0.2, 0) is 17.1 Å². The van der Waals surface area contributed by atoms with E-state index in [-0.39, 0.29) is 34.1 Å². The fourth-order valence-corrected chi connectivity index (χ4v) is 1.97. The van der Waals surface area contributed by atoms with Crippen LogP contribution in [0.4, 0.5) is 5.69 Å². The van der Waals surface area contributed by atoms with Crippen LogP contribution in [0.2, 0.25) is 0 Å². The summed E-state index contributed by atoms with van der Waals surface area (Å²) in [5, 5.41) is 10.8. The van der Waals surface area contributed by atoms with Gasteiger partial charge in [-0.2, -0.15) is 17.7 Å². The minimum atomic E-state index is -0.552. The number of para-hydroxylation sites is 1. The van der Waals surface area contributed by atoms with E-state index in [9.17, 15) is 14.9 Å². The summed E-state index contributed by atoms with van der Waals surface area (Å²) in [7, 11) is 0. The number of carbonyl (C=O) groups is 1. The van der Waals surface area contributed by atoms with E-state index in [0.717, 1.165) is 18.4 Å². The van der Waals surface area contributed by atoms with Crippen molar-refractivity contribution in [3.05, 3.63) is 100 Å². The zero-order valence-electron chi connectivity index (χ0n) is 12.8. The predicted molar refractivity (Wildman–Crippen MR) is 88.6 cm³/mol. The Bertz CT molecular complexity index is 733. The molecule has 3 rings (SSSR count). The summed E-state index contributed by atoms with van der Waals surface area (Å²) in [6.07, 6.45) is 20.4. The number of ketones is 1. The molecule has 0 unspecified atom stereocenters. The molecular weight excluding hydrogens is 346 g/mol. The zero-order valence-corrected chi connectivity index (χ0v) is 13.9. The zero-order chi connectivity index (χ0) is 16.5. The molecule has 0 N–H and O–H groups in total. The van der Waals surface area contributed by atoms with Crippen molar-refractivity contribution in [1.29, 1.82) is 0 Å². The van der Waals surface area contributed by atoms with E-state index in [1.54, 1.807) is 18.2 Å². The minimum Gasteiger partial charge on any atom is -0.289 e. The fraction of sp³-hybridized carbons (Fsp3) is 0.105. The summed E-state index contributed by atoms with van der Waals surface area (Å²) in [5.41, 5.74) is 0.821. The van der Waals surface area contributed by atoms with Crippen molar-refractivity contribution in [1.82, 2.24) is 0 Å². The largest absolute Gasteiger partial charge is 2.00 e. The Labute approximate surface area is 151 Å². The van der Waals surface area contributed by atoms with E-state index in [1.807, 2.05) is 18.2 Å². The second-order valence-electron chi connectivity index (χ2n) is 4.73. The number of benzene rings is 1. The van der Waals surface area contributed by atoms with E-state index >= 15 is 0 Å². The van der Waals surface area contributed by atoms with E-state index < -0.39 is 4.92 Å². The summed E-state index contributed by atoms with van der Waals surface area (Å²) in [6.45, 7) is 0. The first-order chi connectivity index (χ1) is 11.2. The van der Waals surface area contributed by atoms with Gasteiger partial charge in [0.05, 0.1) is 10.5 Å². The molecule has 0 amide bonds. The van der Waals surface area contributed by atoms with Gasteiger partial charge in [0.15, 0.2) is 5.78 Å². The van der Waals surface area contributed by atoms with E-state index in [1.165, 1.54) is 24.3 Å². The van der Waals surface area contributed by atoms with E-state index in [4.69, 9.17) is 0 Å². The third-order valence-corrected chi connectivity index (χ3v) is 3.10. The Morgan fingerprint density at radius 1 is 1.21 bits per heavy atom. The van der Waals surface area contributed by atoms with Crippen LogP contribution in [0.25, 0.3) is 0 Å². The van der Waals surface area contributed by atoms with Gasteiger partial charge in [-0.1, -0.05) is 12.1 Å².